The second kappa shape index (κ2) is 5.66. The van der Waals surface area contributed by atoms with Gasteiger partial charge in [-0.1, -0.05) is 37.3 Å². The molecule has 16 heavy (non-hydrogen) atoms. The minimum atomic E-state index is -0.775. The van der Waals surface area contributed by atoms with Crippen LogP contribution in [0.1, 0.15) is 25.3 Å². The van der Waals surface area contributed by atoms with Crippen LogP contribution in [0.25, 0.3) is 0 Å². The van der Waals surface area contributed by atoms with Crippen molar-refractivity contribution < 1.29 is 9.90 Å². The molecule has 0 fully saturated rings. The molecule has 0 bridgehead atoms. The van der Waals surface area contributed by atoms with E-state index < -0.39 is 12.0 Å². The summed E-state index contributed by atoms with van der Waals surface area (Å²) in [6, 6.07) is 9.71. The standard InChI is InChI=1S/C13H19NO2/c1-10(12-7-5-4-6-8-12)9-14(3)11(2)13(15)16/h4-8,10-11H,9H2,1-3H3,(H,15,16). The minimum Gasteiger partial charge on any atom is -0.480 e. The van der Waals surface area contributed by atoms with Crippen molar-refractivity contribution in [2.45, 2.75) is 25.8 Å². The highest BCUT2D eigenvalue weighted by Crippen LogP contribution is 2.16. The Kier molecular flexibility index (Phi) is 4.50. The van der Waals surface area contributed by atoms with Gasteiger partial charge < -0.3 is 5.11 Å². The lowest BCUT2D eigenvalue weighted by Gasteiger charge is -2.24. The summed E-state index contributed by atoms with van der Waals surface area (Å²) < 4.78 is 0. The van der Waals surface area contributed by atoms with E-state index in [0.29, 0.717) is 5.92 Å². The summed E-state index contributed by atoms with van der Waals surface area (Å²) in [4.78, 5) is 12.7. The van der Waals surface area contributed by atoms with E-state index in [4.69, 9.17) is 5.11 Å². The van der Waals surface area contributed by atoms with E-state index in [2.05, 4.69) is 19.1 Å². The van der Waals surface area contributed by atoms with Gasteiger partial charge in [0.25, 0.3) is 0 Å². The molecular formula is C13H19NO2. The van der Waals surface area contributed by atoms with Crippen LogP contribution in [0.15, 0.2) is 30.3 Å². The Morgan fingerprint density at radius 2 is 1.88 bits per heavy atom. The van der Waals surface area contributed by atoms with Gasteiger partial charge in [0.15, 0.2) is 0 Å². The van der Waals surface area contributed by atoms with Crippen molar-refractivity contribution in [1.82, 2.24) is 4.90 Å². The van der Waals surface area contributed by atoms with E-state index >= 15 is 0 Å². The maximum Gasteiger partial charge on any atom is 0.320 e. The van der Waals surface area contributed by atoms with Gasteiger partial charge in [-0.2, -0.15) is 0 Å². The zero-order valence-corrected chi connectivity index (χ0v) is 10.1. The van der Waals surface area contributed by atoms with Crippen LogP contribution in [-0.2, 0) is 4.79 Å². The molecule has 1 N–H and O–H groups in total. The average Bonchev–Trinajstić information content (AvgIpc) is 2.28. The summed E-state index contributed by atoms with van der Waals surface area (Å²) in [7, 11) is 1.85. The van der Waals surface area contributed by atoms with Crippen molar-refractivity contribution in [2.24, 2.45) is 0 Å². The van der Waals surface area contributed by atoms with Gasteiger partial charge in [-0.3, -0.25) is 9.69 Å². The third-order valence-electron chi connectivity index (χ3n) is 2.95. The van der Waals surface area contributed by atoms with Crippen molar-refractivity contribution in [1.29, 1.82) is 0 Å². The molecule has 3 heteroatoms. The van der Waals surface area contributed by atoms with Crippen LogP contribution in [0.2, 0.25) is 0 Å². The van der Waals surface area contributed by atoms with Crippen LogP contribution in [0, 0.1) is 0 Å². The molecule has 0 aliphatic rings. The molecule has 1 aromatic rings. The van der Waals surface area contributed by atoms with Gasteiger partial charge >= 0.3 is 5.97 Å². The SMILES string of the molecule is CC(CN(C)C(C)C(=O)O)c1ccccc1. The number of rotatable bonds is 5. The molecule has 0 aliphatic carbocycles. The first-order valence-electron chi connectivity index (χ1n) is 5.50. The Hall–Kier alpha value is -1.35. The van der Waals surface area contributed by atoms with Crippen LogP contribution in [-0.4, -0.2) is 35.6 Å². The Bertz CT molecular complexity index is 337. The molecule has 88 valence electrons. The molecule has 3 nitrogen and oxygen atoms in total. The molecule has 2 atom stereocenters. The molecule has 0 saturated heterocycles. The number of likely N-dealkylation sites (N-methyl/N-ethyl adjacent to an activating group) is 1. The van der Waals surface area contributed by atoms with Gasteiger partial charge in [0.2, 0.25) is 0 Å². The smallest absolute Gasteiger partial charge is 0.320 e. The number of carboxylic acid groups (broad SMARTS) is 1. The number of nitrogens with zero attached hydrogens (tertiary/aromatic N) is 1. The Balaban J connectivity index is 2.58. The quantitative estimate of drug-likeness (QED) is 0.828. The first-order valence-corrected chi connectivity index (χ1v) is 5.50. The molecule has 0 radical (unpaired) electrons. The van der Waals surface area contributed by atoms with E-state index in [9.17, 15) is 4.79 Å². The zero-order chi connectivity index (χ0) is 12.1. The topological polar surface area (TPSA) is 40.5 Å². The number of carboxylic acids is 1. The fourth-order valence-corrected chi connectivity index (χ4v) is 1.67. The van der Waals surface area contributed by atoms with E-state index in [-0.39, 0.29) is 0 Å². The van der Waals surface area contributed by atoms with Crippen LogP contribution >= 0.6 is 0 Å². The maximum atomic E-state index is 10.8. The first-order chi connectivity index (χ1) is 7.52. The number of hydrogen-bond acceptors (Lipinski definition) is 2. The number of hydrogen-bond donors (Lipinski definition) is 1. The number of aliphatic carboxylic acids is 1. The van der Waals surface area contributed by atoms with Gasteiger partial charge in [-0.05, 0) is 25.5 Å². The summed E-state index contributed by atoms with van der Waals surface area (Å²) in [6.45, 7) is 4.57. The molecule has 0 amide bonds. The summed E-state index contributed by atoms with van der Waals surface area (Å²) in [5.74, 6) is -0.434. The normalized spacial score (nSPS) is 14.8. The minimum absolute atomic E-state index is 0.341. The van der Waals surface area contributed by atoms with Gasteiger partial charge in [-0.25, -0.2) is 0 Å². The maximum absolute atomic E-state index is 10.8. The van der Waals surface area contributed by atoms with Crippen molar-refractivity contribution in [3.8, 4) is 0 Å². The highest BCUT2D eigenvalue weighted by molar-refractivity contribution is 5.72. The van der Waals surface area contributed by atoms with Crippen molar-refractivity contribution in [2.75, 3.05) is 13.6 Å². The monoisotopic (exact) mass is 221 g/mol. The molecular weight excluding hydrogens is 202 g/mol. The molecule has 0 saturated carbocycles. The fraction of sp³-hybridized carbons (Fsp3) is 0.462. The second-order valence-electron chi connectivity index (χ2n) is 4.27. The number of benzene rings is 1. The molecule has 0 heterocycles. The fourth-order valence-electron chi connectivity index (χ4n) is 1.67. The van der Waals surface area contributed by atoms with Gasteiger partial charge in [0.05, 0.1) is 0 Å². The molecule has 0 aliphatic heterocycles. The Morgan fingerprint density at radius 3 is 2.38 bits per heavy atom. The summed E-state index contributed by atoms with van der Waals surface area (Å²) >= 11 is 0. The van der Waals surface area contributed by atoms with Gasteiger partial charge in [0, 0.05) is 6.54 Å². The third kappa shape index (κ3) is 3.35. The van der Waals surface area contributed by atoms with E-state index in [1.165, 1.54) is 5.56 Å². The van der Waals surface area contributed by atoms with Crippen molar-refractivity contribution in [3.63, 3.8) is 0 Å². The zero-order valence-electron chi connectivity index (χ0n) is 10.1. The predicted octanol–water partition coefficient (Wildman–Crippen LogP) is 2.20. The summed E-state index contributed by atoms with van der Waals surface area (Å²) in [5.41, 5.74) is 1.24. The van der Waals surface area contributed by atoms with Crippen LogP contribution < -0.4 is 0 Å². The second-order valence-corrected chi connectivity index (χ2v) is 4.27. The molecule has 1 aromatic carbocycles. The van der Waals surface area contributed by atoms with Crippen molar-refractivity contribution in [3.05, 3.63) is 35.9 Å². The third-order valence-corrected chi connectivity index (χ3v) is 2.95. The largest absolute Gasteiger partial charge is 0.480 e. The van der Waals surface area contributed by atoms with E-state index in [1.807, 2.05) is 30.1 Å². The van der Waals surface area contributed by atoms with E-state index in [1.54, 1.807) is 6.92 Å². The molecule has 1 rings (SSSR count). The molecule has 0 spiro atoms. The highest BCUT2D eigenvalue weighted by Gasteiger charge is 2.18. The lowest BCUT2D eigenvalue weighted by molar-refractivity contribution is -0.142. The lowest BCUT2D eigenvalue weighted by Crippen LogP contribution is -2.37. The first kappa shape index (κ1) is 12.7. The van der Waals surface area contributed by atoms with Crippen LogP contribution in [0.5, 0.6) is 0 Å². The lowest BCUT2D eigenvalue weighted by atomic mass is 10.0. The van der Waals surface area contributed by atoms with Gasteiger partial charge in [0.1, 0.15) is 6.04 Å². The average molecular weight is 221 g/mol. The summed E-state index contributed by atoms with van der Waals surface area (Å²) in [6.07, 6.45) is 0. The van der Waals surface area contributed by atoms with Gasteiger partial charge in [-0.15, -0.1) is 0 Å². The van der Waals surface area contributed by atoms with Crippen LogP contribution in [0.3, 0.4) is 0 Å². The van der Waals surface area contributed by atoms with Crippen LogP contribution in [0.4, 0.5) is 0 Å². The van der Waals surface area contributed by atoms with E-state index in [0.717, 1.165) is 6.54 Å². The van der Waals surface area contributed by atoms with Crippen molar-refractivity contribution >= 4 is 5.97 Å². The molecule has 0 aromatic heterocycles. The molecule has 2 unspecified atom stereocenters. The summed E-state index contributed by atoms with van der Waals surface area (Å²) in [5, 5.41) is 8.89. The highest BCUT2D eigenvalue weighted by atomic mass is 16.4. The number of carbonyl (C=O) groups is 1. The Labute approximate surface area is 96.7 Å². The predicted molar refractivity (Wildman–Crippen MR) is 64.6 cm³/mol. The Morgan fingerprint density at radius 1 is 1.31 bits per heavy atom.